The standard InChI is InChI=1S/C7H9Cl2N3/c1-4-5(2-3-8)6(9)12-7(10)11-4/h2-3H2,1H3,(H2,10,11,12). The van der Waals surface area contributed by atoms with E-state index in [2.05, 4.69) is 9.97 Å². The van der Waals surface area contributed by atoms with Gasteiger partial charge in [0.05, 0.1) is 0 Å². The first kappa shape index (κ1) is 9.55. The number of aromatic nitrogens is 2. The van der Waals surface area contributed by atoms with Crippen LogP contribution in [0, 0.1) is 6.92 Å². The molecule has 0 atom stereocenters. The maximum Gasteiger partial charge on any atom is 0.221 e. The van der Waals surface area contributed by atoms with Gasteiger partial charge in [0, 0.05) is 17.1 Å². The van der Waals surface area contributed by atoms with Gasteiger partial charge in [-0.05, 0) is 13.3 Å². The molecule has 0 bridgehead atoms. The molecule has 0 aliphatic rings. The second kappa shape index (κ2) is 3.92. The van der Waals surface area contributed by atoms with Crippen LogP contribution in [0.25, 0.3) is 0 Å². The minimum Gasteiger partial charge on any atom is -0.368 e. The second-order valence-electron chi connectivity index (χ2n) is 2.38. The van der Waals surface area contributed by atoms with Gasteiger partial charge in [-0.3, -0.25) is 0 Å². The van der Waals surface area contributed by atoms with Crippen LogP contribution in [0.3, 0.4) is 0 Å². The first-order chi connectivity index (χ1) is 5.65. The first-order valence-corrected chi connectivity index (χ1v) is 4.41. The summed E-state index contributed by atoms with van der Waals surface area (Å²) in [6, 6.07) is 0. The summed E-state index contributed by atoms with van der Waals surface area (Å²) in [5.41, 5.74) is 7.06. The number of aryl methyl sites for hydroxylation is 1. The molecule has 0 unspecified atom stereocenters. The van der Waals surface area contributed by atoms with Gasteiger partial charge in [-0.1, -0.05) is 11.6 Å². The number of anilines is 1. The Hall–Kier alpha value is -0.540. The van der Waals surface area contributed by atoms with Crippen molar-refractivity contribution in [3.8, 4) is 0 Å². The maximum absolute atomic E-state index is 5.82. The molecular formula is C7H9Cl2N3. The molecule has 0 radical (unpaired) electrons. The molecular weight excluding hydrogens is 197 g/mol. The molecule has 1 aromatic heterocycles. The number of rotatable bonds is 2. The van der Waals surface area contributed by atoms with E-state index in [1.54, 1.807) is 0 Å². The molecule has 0 saturated heterocycles. The summed E-state index contributed by atoms with van der Waals surface area (Å²) in [6.07, 6.45) is 0.673. The van der Waals surface area contributed by atoms with Crippen LogP contribution in [0.4, 0.5) is 5.95 Å². The van der Waals surface area contributed by atoms with Gasteiger partial charge >= 0.3 is 0 Å². The highest BCUT2D eigenvalue weighted by Crippen LogP contribution is 2.17. The minimum absolute atomic E-state index is 0.204. The van der Waals surface area contributed by atoms with Crippen molar-refractivity contribution >= 4 is 29.2 Å². The molecule has 0 saturated carbocycles. The zero-order valence-electron chi connectivity index (χ0n) is 6.64. The molecule has 12 heavy (non-hydrogen) atoms. The van der Waals surface area contributed by atoms with E-state index in [0.717, 1.165) is 11.3 Å². The second-order valence-corrected chi connectivity index (χ2v) is 3.11. The zero-order valence-corrected chi connectivity index (χ0v) is 8.15. The molecule has 3 nitrogen and oxygen atoms in total. The Bertz CT molecular complexity index is 265. The average Bonchev–Trinajstić information content (AvgIpc) is 1.96. The number of hydrogen-bond donors (Lipinski definition) is 1. The lowest BCUT2D eigenvalue weighted by Gasteiger charge is -2.04. The van der Waals surface area contributed by atoms with E-state index >= 15 is 0 Å². The normalized spacial score (nSPS) is 10.2. The van der Waals surface area contributed by atoms with Crippen molar-refractivity contribution < 1.29 is 0 Å². The van der Waals surface area contributed by atoms with Crippen LogP contribution >= 0.6 is 23.2 Å². The monoisotopic (exact) mass is 205 g/mol. The van der Waals surface area contributed by atoms with Gasteiger partial charge in [-0.15, -0.1) is 11.6 Å². The van der Waals surface area contributed by atoms with E-state index in [1.165, 1.54) is 0 Å². The fourth-order valence-electron chi connectivity index (χ4n) is 0.960. The van der Waals surface area contributed by atoms with Crippen molar-refractivity contribution in [1.82, 2.24) is 9.97 Å². The van der Waals surface area contributed by atoms with Crippen LogP contribution < -0.4 is 5.73 Å². The number of nitrogens with zero attached hydrogens (tertiary/aromatic N) is 2. The van der Waals surface area contributed by atoms with Gasteiger partial charge in [-0.25, -0.2) is 9.97 Å². The fourth-order valence-corrected chi connectivity index (χ4v) is 1.47. The van der Waals surface area contributed by atoms with E-state index in [9.17, 15) is 0 Å². The third-order valence-electron chi connectivity index (χ3n) is 1.53. The maximum atomic E-state index is 5.82. The van der Waals surface area contributed by atoms with E-state index < -0.39 is 0 Å². The van der Waals surface area contributed by atoms with Gasteiger partial charge in [-0.2, -0.15) is 0 Å². The average molecular weight is 206 g/mol. The van der Waals surface area contributed by atoms with Gasteiger partial charge in [0.25, 0.3) is 0 Å². The van der Waals surface area contributed by atoms with Gasteiger partial charge in [0.2, 0.25) is 5.95 Å². The number of nitrogen functional groups attached to an aromatic ring is 1. The molecule has 2 N–H and O–H groups in total. The van der Waals surface area contributed by atoms with Crippen LogP contribution in [0.1, 0.15) is 11.3 Å². The predicted octanol–water partition coefficient (Wildman–Crippen LogP) is 1.80. The van der Waals surface area contributed by atoms with E-state index in [0.29, 0.717) is 17.5 Å². The Morgan fingerprint density at radius 3 is 2.58 bits per heavy atom. The lowest BCUT2D eigenvalue weighted by molar-refractivity contribution is 1.01. The molecule has 0 aliphatic heterocycles. The van der Waals surface area contributed by atoms with Gasteiger partial charge < -0.3 is 5.73 Å². The highest BCUT2D eigenvalue weighted by Gasteiger charge is 2.07. The molecule has 0 spiro atoms. The van der Waals surface area contributed by atoms with E-state index in [1.807, 2.05) is 6.92 Å². The molecule has 0 aromatic carbocycles. The Kier molecular flexibility index (Phi) is 3.12. The zero-order chi connectivity index (χ0) is 9.14. The highest BCUT2D eigenvalue weighted by atomic mass is 35.5. The Balaban J connectivity index is 3.10. The fraction of sp³-hybridized carbons (Fsp3) is 0.429. The van der Waals surface area contributed by atoms with Crippen molar-refractivity contribution in [2.75, 3.05) is 11.6 Å². The van der Waals surface area contributed by atoms with Crippen LogP contribution in [0.2, 0.25) is 5.15 Å². The number of hydrogen-bond acceptors (Lipinski definition) is 3. The Morgan fingerprint density at radius 2 is 2.08 bits per heavy atom. The lowest BCUT2D eigenvalue weighted by Crippen LogP contribution is -2.03. The Labute approximate surface area is 80.9 Å². The summed E-state index contributed by atoms with van der Waals surface area (Å²) in [6.45, 7) is 1.84. The minimum atomic E-state index is 0.204. The SMILES string of the molecule is Cc1nc(N)nc(Cl)c1CCCl. The number of halogens is 2. The largest absolute Gasteiger partial charge is 0.368 e. The summed E-state index contributed by atoms with van der Waals surface area (Å²) in [5, 5.41) is 0.403. The first-order valence-electron chi connectivity index (χ1n) is 3.49. The molecule has 5 heteroatoms. The lowest BCUT2D eigenvalue weighted by atomic mass is 10.2. The van der Waals surface area contributed by atoms with E-state index in [-0.39, 0.29) is 5.95 Å². The number of nitrogens with two attached hydrogens (primary N) is 1. The van der Waals surface area contributed by atoms with Crippen LogP contribution in [-0.4, -0.2) is 15.8 Å². The van der Waals surface area contributed by atoms with Crippen molar-refractivity contribution in [2.24, 2.45) is 0 Å². The summed E-state index contributed by atoms with van der Waals surface area (Å²) in [4.78, 5) is 7.80. The summed E-state index contributed by atoms with van der Waals surface area (Å²) in [5.74, 6) is 0.712. The third-order valence-corrected chi connectivity index (χ3v) is 2.03. The van der Waals surface area contributed by atoms with Gasteiger partial charge in [0.15, 0.2) is 0 Å². The van der Waals surface area contributed by atoms with Crippen molar-refractivity contribution in [3.63, 3.8) is 0 Å². The quantitative estimate of drug-likeness (QED) is 0.592. The molecule has 1 heterocycles. The van der Waals surface area contributed by atoms with Crippen LogP contribution in [0.15, 0.2) is 0 Å². The molecule has 0 amide bonds. The van der Waals surface area contributed by atoms with Crippen molar-refractivity contribution in [2.45, 2.75) is 13.3 Å². The predicted molar refractivity (Wildman–Crippen MR) is 50.6 cm³/mol. The topological polar surface area (TPSA) is 51.8 Å². The third kappa shape index (κ3) is 1.99. The Morgan fingerprint density at radius 1 is 1.42 bits per heavy atom. The van der Waals surface area contributed by atoms with Crippen LogP contribution in [-0.2, 0) is 6.42 Å². The molecule has 1 aromatic rings. The van der Waals surface area contributed by atoms with Crippen molar-refractivity contribution in [1.29, 1.82) is 0 Å². The summed E-state index contributed by atoms with van der Waals surface area (Å²) < 4.78 is 0. The van der Waals surface area contributed by atoms with Crippen molar-refractivity contribution in [3.05, 3.63) is 16.4 Å². The smallest absolute Gasteiger partial charge is 0.221 e. The van der Waals surface area contributed by atoms with Crippen LogP contribution in [0.5, 0.6) is 0 Å². The molecule has 0 aliphatic carbocycles. The van der Waals surface area contributed by atoms with Gasteiger partial charge in [0.1, 0.15) is 5.15 Å². The number of alkyl halides is 1. The highest BCUT2D eigenvalue weighted by molar-refractivity contribution is 6.30. The summed E-state index contributed by atoms with van der Waals surface area (Å²) in [7, 11) is 0. The molecule has 1 rings (SSSR count). The molecule has 0 fully saturated rings. The van der Waals surface area contributed by atoms with E-state index in [4.69, 9.17) is 28.9 Å². The molecule has 66 valence electrons. The summed E-state index contributed by atoms with van der Waals surface area (Å²) >= 11 is 11.4.